The van der Waals surface area contributed by atoms with E-state index in [1.807, 2.05) is 25.1 Å². The minimum atomic E-state index is -0.296. The number of thiazole rings is 1. The third-order valence-electron chi connectivity index (χ3n) is 5.30. The van der Waals surface area contributed by atoms with Gasteiger partial charge in [0.1, 0.15) is 18.9 Å². The highest BCUT2D eigenvalue weighted by Crippen LogP contribution is 2.30. The van der Waals surface area contributed by atoms with Gasteiger partial charge in [0.15, 0.2) is 5.13 Å². The van der Waals surface area contributed by atoms with Crippen LogP contribution in [0.4, 0.5) is 9.52 Å². The molecule has 1 saturated heterocycles. The van der Waals surface area contributed by atoms with Crippen molar-refractivity contribution in [1.29, 1.82) is 0 Å². The van der Waals surface area contributed by atoms with Gasteiger partial charge < -0.3 is 9.64 Å². The lowest BCUT2D eigenvalue weighted by Gasteiger charge is -2.27. The van der Waals surface area contributed by atoms with E-state index < -0.39 is 0 Å². The molecule has 7 heteroatoms. The van der Waals surface area contributed by atoms with Gasteiger partial charge in [0, 0.05) is 0 Å². The van der Waals surface area contributed by atoms with E-state index in [4.69, 9.17) is 9.72 Å². The Morgan fingerprint density at radius 2 is 1.97 bits per heavy atom. The Kier molecular flexibility index (Phi) is 6.18. The number of nitrogens with zero attached hydrogens (tertiary/aromatic N) is 2. The lowest BCUT2D eigenvalue weighted by Crippen LogP contribution is -3.14. The summed E-state index contributed by atoms with van der Waals surface area (Å²) in [6.45, 7) is 6.94. The van der Waals surface area contributed by atoms with Crippen molar-refractivity contribution in [3.05, 3.63) is 59.4 Å². The molecule has 2 heterocycles. The van der Waals surface area contributed by atoms with E-state index in [1.54, 1.807) is 28.4 Å². The number of morpholine rings is 1. The smallest absolute Gasteiger partial charge is 0.233 e. The van der Waals surface area contributed by atoms with E-state index >= 15 is 0 Å². The van der Waals surface area contributed by atoms with Crippen LogP contribution in [0.1, 0.15) is 11.1 Å². The molecule has 1 aliphatic rings. The maximum absolute atomic E-state index is 13.2. The van der Waals surface area contributed by atoms with Gasteiger partial charge in [0.05, 0.1) is 42.9 Å². The predicted octanol–water partition coefficient (Wildman–Crippen LogP) is 2.23. The Morgan fingerprint density at radius 1 is 1.21 bits per heavy atom. The van der Waals surface area contributed by atoms with Gasteiger partial charge in [0.2, 0.25) is 5.91 Å². The van der Waals surface area contributed by atoms with Crippen LogP contribution in [0.5, 0.6) is 0 Å². The predicted molar refractivity (Wildman–Crippen MR) is 113 cm³/mol. The molecule has 0 spiro atoms. The van der Waals surface area contributed by atoms with Gasteiger partial charge >= 0.3 is 0 Å². The van der Waals surface area contributed by atoms with E-state index in [2.05, 4.69) is 0 Å². The van der Waals surface area contributed by atoms with Crippen LogP contribution in [-0.2, 0) is 16.0 Å². The summed E-state index contributed by atoms with van der Waals surface area (Å²) in [5.74, 6) is -0.309. The Labute approximate surface area is 173 Å². The normalized spacial score (nSPS) is 15.0. The first-order valence-electron chi connectivity index (χ1n) is 9.92. The molecule has 0 saturated carbocycles. The van der Waals surface area contributed by atoms with Gasteiger partial charge in [-0.2, -0.15) is 0 Å². The molecule has 152 valence electrons. The standard InChI is InChI=1S/C22H24FN3O2S/c1-16-3-2-4-19-21(16)24-22(29-19)26(10-9-25-11-13-28-14-12-25)20(27)15-17-5-7-18(23)8-6-17/h2-8H,9-15H2,1H3/p+1. The molecular weight excluding hydrogens is 389 g/mol. The summed E-state index contributed by atoms with van der Waals surface area (Å²) in [6.07, 6.45) is 0.230. The largest absolute Gasteiger partial charge is 0.370 e. The molecular formula is C22H25FN3O2S+. The number of carbonyl (C=O) groups is 1. The van der Waals surface area contributed by atoms with E-state index in [0.717, 1.165) is 59.3 Å². The quantitative estimate of drug-likeness (QED) is 0.673. The third kappa shape index (κ3) is 4.80. The molecule has 0 aliphatic carbocycles. The number of nitrogens with one attached hydrogen (secondary N) is 1. The number of hydrogen-bond acceptors (Lipinski definition) is 4. The Bertz CT molecular complexity index is 983. The zero-order chi connectivity index (χ0) is 20.2. The summed E-state index contributed by atoms with van der Waals surface area (Å²) in [6, 6.07) is 12.2. The maximum atomic E-state index is 13.2. The van der Waals surface area contributed by atoms with Gasteiger partial charge in [-0.05, 0) is 36.2 Å². The Balaban J connectivity index is 1.57. The number of ether oxygens (including phenoxy) is 1. The second kappa shape index (κ2) is 8.98. The average Bonchev–Trinajstić information content (AvgIpc) is 3.16. The van der Waals surface area contributed by atoms with Gasteiger partial charge in [-0.15, -0.1) is 0 Å². The molecule has 1 aromatic heterocycles. The topological polar surface area (TPSA) is 46.9 Å². The van der Waals surface area contributed by atoms with E-state index in [1.165, 1.54) is 17.0 Å². The number of anilines is 1. The zero-order valence-electron chi connectivity index (χ0n) is 16.5. The Morgan fingerprint density at radius 3 is 2.69 bits per heavy atom. The van der Waals surface area contributed by atoms with Crippen molar-refractivity contribution in [1.82, 2.24) is 4.98 Å². The molecule has 3 aromatic rings. The lowest BCUT2D eigenvalue weighted by molar-refractivity contribution is -0.906. The molecule has 0 radical (unpaired) electrons. The molecule has 1 aliphatic heterocycles. The van der Waals surface area contributed by atoms with Gasteiger partial charge in [-0.1, -0.05) is 35.6 Å². The van der Waals surface area contributed by atoms with Crippen molar-refractivity contribution in [3.8, 4) is 0 Å². The molecule has 1 amide bonds. The number of halogens is 1. The van der Waals surface area contributed by atoms with Crippen molar-refractivity contribution in [2.75, 3.05) is 44.3 Å². The van der Waals surface area contributed by atoms with Crippen LogP contribution < -0.4 is 9.80 Å². The molecule has 1 N–H and O–H groups in total. The molecule has 0 unspecified atom stereocenters. The first-order valence-corrected chi connectivity index (χ1v) is 10.7. The molecule has 0 atom stereocenters. The number of fused-ring (bicyclic) bond motifs is 1. The van der Waals surface area contributed by atoms with Gasteiger partial charge in [-0.3, -0.25) is 9.69 Å². The highest BCUT2D eigenvalue weighted by molar-refractivity contribution is 7.22. The number of quaternary nitrogens is 1. The number of carbonyl (C=O) groups excluding carboxylic acids is 1. The average molecular weight is 415 g/mol. The number of rotatable bonds is 6. The number of amides is 1. The second-order valence-corrected chi connectivity index (χ2v) is 8.39. The van der Waals surface area contributed by atoms with Crippen molar-refractivity contribution in [2.24, 2.45) is 0 Å². The number of aromatic nitrogens is 1. The molecule has 4 rings (SSSR count). The molecule has 1 fully saturated rings. The highest BCUT2D eigenvalue weighted by atomic mass is 32.1. The summed E-state index contributed by atoms with van der Waals surface area (Å²) >= 11 is 1.55. The highest BCUT2D eigenvalue weighted by Gasteiger charge is 2.23. The first kappa shape index (κ1) is 19.9. The fourth-order valence-corrected chi connectivity index (χ4v) is 4.66. The molecule has 0 bridgehead atoms. The fourth-order valence-electron chi connectivity index (χ4n) is 3.57. The summed E-state index contributed by atoms with van der Waals surface area (Å²) in [5, 5.41) is 0.731. The number of hydrogen-bond donors (Lipinski definition) is 1. The minimum absolute atomic E-state index is 0.0130. The second-order valence-electron chi connectivity index (χ2n) is 7.38. The van der Waals surface area contributed by atoms with Crippen LogP contribution in [0, 0.1) is 12.7 Å². The summed E-state index contributed by atoms with van der Waals surface area (Å²) in [7, 11) is 0. The van der Waals surface area contributed by atoms with Crippen molar-refractivity contribution in [2.45, 2.75) is 13.3 Å². The molecule has 2 aromatic carbocycles. The number of para-hydroxylation sites is 1. The summed E-state index contributed by atoms with van der Waals surface area (Å²) < 4.78 is 19.7. The Hall–Kier alpha value is -2.35. The van der Waals surface area contributed by atoms with Gasteiger partial charge in [0.25, 0.3) is 0 Å². The van der Waals surface area contributed by atoms with E-state index in [-0.39, 0.29) is 18.1 Å². The van der Waals surface area contributed by atoms with Crippen LogP contribution in [0.15, 0.2) is 42.5 Å². The molecule has 5 nitrogen and oxygen atoms in total. The fraction of sp³-hybridized carbons (Fsp3) is 0.364. The maximum Gasteiger partial charge on any atom is 0.233 e. The van der Waals surface area contributed by atoms with Crippen molar-refractivity contribution < 1.29 is 18.8 Å². The van der Waals surface area contributed by atoms with Crippen LogP contribution in [-0.4, -0.2) is 50.3 Å². The molecule has 29 heavy (non-hydrogen) atoms. The minimum Gasteiger partial charge on any atom is -0.370 e. The summed E-state index contributed by atoms with van der Waals surface area (Å²) in [5.41, 5.74) is 2.86. The zero-order valence-corrected chi connectivity index (χ0v) is 17.3. The van der Waals surface area contributed by atoms with Crippen LogP contribution in [0.25, 0.3) is 10.2 Å². The number of aryl methyl sites for hydroxylation is 1. The van der Waals surface area contributed by atoms with E-state index in [0.29, 0.717) is 6.54 Å². The van der Waals surface area contributed by atoms with Crippen LogP contribution in [0.3, 0.4) is 0 Å². The first-order chi connectivity index (χ1) is 14.1. The van der Waals surface area contributed by atoms with Crippen molar-refractivity contribution >= 4 is 32.6 Å². The van der Waals surface area contributed by atoms with Crippen LogP contribution in [0.2, 0.25) is 0 Å². The van der Waals surface area contributed by atoms with Gasteiger partial charge in [-0.25, -0.2) is 9.37 Å². The lowest BCUT2D eigenvalue weighted by atomic mass is 10.1. The number of benzene rings is 2. The van der Waals surface area contributed by atoms with Crippen molar-refractivity contribution in [3.63, 3.8) is 0 Å². The monoisotopic (exact) mass is 414 g/mol. The summed E-state index contributed by atoms with van der Waals surface area (Å²) in [4.78, 5) is 21.2. The van der Waals surface area contributed by atoms with E-state index in [9.17, 15) is 9.18 Å². The third-order valence-corrected chi connectivity index (χ3v) is 6.34. The SMILES string of the molecule is Cc1cccc2sc(N(CC[NH+]3CCOCC3)C(=O)Cc3ccc(F)cc3)nc12. The van der Waals surface area contributed by atoms with Crippen LogP contribution >= 0.6 is 11.3 Å².